The second kappa shape index (κ2) is 5.05. The Balaban J connectivity index is 2.22. The Morgan fingerprint density at radius 2 is 2.29 bits per heavy atom. The first-order valence-electron chi connectivity index (χ1n) is 4.75. The highest BCUT2D eigenvalue weighted by Gasteiger charge is 2.14. The number of nitrogens with one attached hydrogen (secondary N) is 1. The summed E-state index contributed by atoms with van der Waals surface area (Å²) in [5.74, 6) is 0.191. The predicted molar refractivity (Wildman–Crippen MR) is 73.4 cm³/mol. The molecule has 1 aromatic carbocycles. The molecule has 0 unspecified atom stereocenters. The van der Waals surface area contributed by atoms with Gasteiger partial charge in [-0.3, -0.25) is 4.79 Å². The van der Waals surface area contributed by atoms with Gasteiger partial charge in [-0.25, -0.2) is 0 Å². The summed E-state index contributed by atoms with van der Waals surface area (Å²) in [6, 6.07) is 5.39. The zero-order chi connectivity index (χ0) is 12.4. The number of halogens is 2. The molecule has 1 aromatic heterocycles. The van der Waals surface area contributed by atoms with Crippen LogP contribution in [0.1, 0.15) is 16.1 Å². The van der Waals surface area contributed by atoms with E-state index in [1.54, 1.807) is 19.1 Å². The molecule has 6 heteroatoms. The van der Waals surface area contributed by atoms with Gasteiger partial charge in [0.05, 0.1) is 16.9 Å². The average molecular weight is 363 g/mol. The summed E-state index contributed by atoms with van der Waals surface area (Å²) in [5.41, 5.74) is 0.970. The van der Waals surface area contributed by atoms with E-state index in [-0.39, 0.29) is 5.91 Å². The minimum absolute atomic E-state index is 0.285. The van der Waals surface area contributed by atoms with Crippen LogP contribution < -0.4 is 5.32 Å². The van der Waals surface area contributed by atoms with Gasteiger partial charge in [-0.05, 0) is 47.7 Å². The number of nitrogens with zero attached hydrogens (tertiary/aromatic N) is 1. The minimum Gasteiger partial charge on any atom is -0.361 e. The monoisotopic (exact) mass is 362 g/mol. The molecule has 4 nitrogen and oxygen atoms in total. The van der Waals surface area contributed by atoms with E-state index in [9.17, 15) is 4.79 Å². The highest BCUT2D eigenvalue weighted by atomic mass is 127. The molecule has 0 aliphatic carbocycles. The molecule has 1 N–H and O–H groups in total. The maximum absolute atomic E-state index is 11.9. The van der Waals surface area contributed by atoms with E-state index < -0.39 is 0 Å². The topological polar surface area (TPSA) is 55.1 Å². The van der Waals surface area contributed by atoms with Gasteiger partial charge in [0.25, 0.3) is 5.91 Å². The van der Waals surface area contributed by atoms with Crippen LogP contribution in [0.2, 0.25) is 5.02 Å². The summed E-state index contributed by atoms with van der Waals surface area (Å²) in [6.07, 6.45) is 1.38. The number of amides is 1. The lowest BCUT2D eigenvalue weighted by molar-refractivity contribution is 0.102. The number of benzene rings is 1. The molecule has 0 atom stereocenters. The number of hydrogen-bond acceptors (Lipinski definition) is 3. The fourth-order valence-corrected chi connectivity index (χ4v) is 2.20. The Kier molecular flexibility index (Phi) is 3.68. The van der Waals surface area contributed by atoms with E-state index in [1.165, 1.54) is 6.20 Å². The van der Waals surface area contributed by atoms with Gasteiger partial charge in [-0.2, -0.15) is 0 Å². The van der Waals surface area contributed by atoms with Crippen LogP contribution in [-0.4, -0.2) is 11.1 Å². The van der Waals surface area contributed by atoms with Crippen LogP contribution >= 0.6 is 34.2 Å². The largest absolute Gasteiger partial charge is 0.361 e. The second-order valence-electron chi connectivity index (χ2n) is 3.37. The maximum atomic E-state index is 11.9. The quantitative estimate of drug-likeness (QED) is 0.832. The summed E-state index contributed by atoms with van der Waals surface area (Å²) in [4.78, 5) is 11.9. The lowest BCUT2D eigenvalue weighted by Crippen LogP contribution is -2.12. The first kappa shape index (κ1) is 12.4. The molecular weight excluding hydrogens is 354 g/mol. The van der Waals surface area contributed by atoms with Crippen LogP contribution in [0.15, 0.2) is 28.9 Å². The third kappa shape index (κ3) is 2.78. The summed E-state index contributed by atoms with van der Waals surface area (Å²) < 4.78 is 5.83. The van der Waals surface area contributed by atoms with Gasteiger partial charge in [0.2, 0.25) is 0 Å². The van der Waals surface area contributed by atoms with Crippen LogP contribution in [0.4, 0.5) is 5.69 Å². The Hall–Kier alpha value is -1.08. The second-order valence-corrected chi connectivity index (χ2v) is 5.03. The molecule has 0 radical (unpaired) electrons. The molecule has 0 saturated heterocycles. The summed E-state index contributed by atoms with van der Waals surface area (Å²) in [5, 5.41) is 6.76. The molecule has 0 aliphatic heterocycles. The normalized spacial score (nSPS) is 10.3. The molecule has 0 saturated carbocycles. The maximum Gasteiger partial charge on any atom is 0.260 e. The van der Waals surface area contributed by atoms with E-state index >= 15 is 0 Å². The van der Waals surface area contributed by atoms with E-state index in [1.807, 2.05) is 6.07 Å². The molecular formula is C11H8ClIN2O2. The van der Waals surface area contributed by atoms with E-state index in [4.69, 9.17) is 16.1 Å². The third-order valence-corrected chi connectivity index (χ3v) is 3.16. The van der Waals surface area contributed by atoms with E-state index in [0.717, 1.165) is 3.57 Å². The lowest BCUT2D eigenvalue weighted by Gasteiger charge is -2.06. The van der Waals surface area contributed by atoms with Gasteiger partial charge in [0, 0.05) is 3.57 Å². The van der Waals surface area contributed by atoms with Gasteiger partial charge in [-0.15, -0.1) is 0 Å². The van der Waals surface area contributed by atoms with Gasteiger partial charge in [0.1, 0.15) is 11.3 Å². The van der Waals surface area contributed by atoms with Crippen molar-refractivity contribution in [2.24, 2.45) is 0 Å². The molecule has 1 amide bonds. The van der Waals surface area contributed by atoms with Crippen molar-refractivity contribution in [1.29, 1.82) is 0 Å². The molecule has 88 valence electrons. The van der Waals surface area contributed by atoms with Gasteiger partial charge in [-0.1, -0.05) is 16.8 Å². The Morgan fingerprint density at radius 1 is 1.53 bits per heavy atom. The summed E-state index contributed by atoms with van der Waals surface area (Å²) in [7, 11) is 0. The minimum atomic E-state index is -0.285. The average Bonchev–Trinajstić information content (AvgIpc) is 2.68. The molecule has 2 rings (SSSR count). The first-order chi connectivity index (χ1) is 8.08. The Labute approximate surface area is 116 Å². The van der Waals surface area contributed by atoms with Crippen molar-refractivity contribution >= 4 is 45.8 Å². The van der Waals surface area contributed by atoms with Crippen LogP contribution in [0.3, 0.4) is 0 Å². The number of carbonyl (C=O) groups is 1. The Bertz CT molecular complexity index is 568. The molecule has 17 heavy (non-hydrogen) atoms. The van der Waals surface area contributed by atoms with E-state index in [2.05, 4.69) is 33.1 Å². The van der Waals surface area contributed by atoms with Gasteiger partial charge < -0.3 is 9.84 Å². The number of rotatable bonds is 2. The number of anilines is 1. The standard InChI is InChI=1S/C11H8ClIN2O2/c1-6-8(5-14-17-6)11(16)15-10-3-2-7(13)4-9(10)12/h2-5H,1H3,(H,15,16). The number of hydrogen-bond donors (Lipinski definition) is 1. The van der Waals surface area contributed by atoms with E-state index in [0.29, 0.717) is 22.0 Å². The van der Waals surface area contributed by atoms with Gasteiger partial charge in [0.15, 0.2) is 0 Å². The van der Waals surface area contributed by atoms with Gasteiger partial charge >= 0.3 is 0 Å². The number of aryl methyl sites for hydroxylation is 1. The van der Waals surface area contributed by atoms with Crippen LogP contribution in [0.5, 0.6) is 0 Å². The third-order valence-electron chi connectivity index (χ3n) is 2.17. The highest BCUT2D eigenvalue weighted by molar-refractivity contribution is 14.1. The molecule has 0 fully saturated rings. The van der Waals surface area contributed by atoms with Crippen molar-refractivity contribution in [2.45, 2.75) is 6.92 Å². The first-order valence-corrected chi connectivity index (χ1v) is 6.21. The predicted octanol–water partition coefficient (Wildman–Crippen LogP) is 3.49. The van der Waals surface area contributed by atoms with Crippen LogP contribution in [0.25, 0.3) is 0 Å². The van der Waals surface area contributed by atoms with Crippen molar-refractivity contribution in [1.82, 2.24) is 5.16 Å². The van der Waals surface area contributed by atoms with Crippen LogP contribution in [0, 0.1) is 10.5 Å². The van der Waals surface area contributed by atoms with Crippen molar-refractivity contribution in [2.75, 3.05) is 5.32 Å². The summed E-state index contributed by atoms with van der Waals surface area (Å²) in [6.45, 7) is 1.68. The molecule has 2 aromatic rings. The highest BCUT2D eigenvalue weighted by Crippen LogP contribution is 2.24. The Morgan fingerprint density at radius 3 is 2.88 bits per heavy atom. The zero-order valence-electron chi connectivity index (χ0n) is 8.83. The van der Waals surface area contributed by atoms with Crippen molar-refractivity contribution in [3.8, 4) is 0 Å². The fraction of sp³-hybridized carbons (Fsp3) is 0.0909. The van der Waals surface area contributed by atoms with Crippen molar-refractivity contribution in [3.05, 3.63) is 44.3 Å². The number of aromatic nitrogens is 1. The summed E-state index contributed by atoms with van der Waals surface area (Å²) >= 11 is 8.17. The zero-order valence-corrected chi connectivity index (χ0v) is 11.7. The SMILES string of the molecule is Cc1oncc1C(=O)Nc1ccc(I)cc1Cl. The van der Waals surface area contributed by atoms with Crippen molar-refractivity contribution < 1.29 is 9.32 Å². The van der Waals surface area contributed by atoms with Crippen molar-refractivity contribution in [3.63, 3.8) is 0 Å². The smallest absolute Gasteiger partial charge is 0.260 e. The molecule has 0 spiro atoms. The molecule has 0 aliphatic rings. The fourth-order valence-electron chi connectivity index (χ4n) is 1.30. The molecule has 1 heterocycles. The lowest BCUT2D eigenvalue weighted by atomic mass is 10.2. The molecule has 0 bridgehead atoms. The van der Waals surface area contributed by atoms with Crippen LogP contribution in [-0.2, 0) is 0 Å². The number of carbonyl (C=O) groups excluding carboxylic acids is 1.